The minimum atomic E-state index is -3.56. The van der Waals surface area contributed by atoms with Crippen molar-refractivity contribution in [2.75, 3.05) is 13.1 Å². The maximum Gasteiger partial charge on any atom is 0.243 e. The van der Waals surface area contributed by atoms with Crippen molar-refractivity contribution in [2.24, 2.45) is 5.73 Å². The largest absolute Gasteiger partial charge is 0.356 e. The molecule has 0 unspecified atom stereocenters. The zero-order valence-corrected chi connectivity index (χ0v) is 11.6. The van der Waals surface area contributed by atoms with Gasteiger partial charge in [0.15, 0.2) is 5.76 Å². The molecule has 0 aliphatic carbocycles. The molecule has 0 amide bonds. The Morgan fingerprint density at radius 1 is 1.30 bits per heavy atom. The van der Waals surface area contributed by atoms with Gasteiger partial charge in [-0.2, -0.15) is 4.31 Å². The van der Waals surface area contributed by atoms with E-state index < -0.39 is 10.0 Å². The Labute approximate surface area is 117 Å². The predicted octanol–water partition coefficient (Wildman–Crippen LogP) is 1.06. The van der Waals surface area contributed by atoms with Gasteiger partial charge in [0, 0.05) is 30.8 Å². The molecule has 0 radical (unpaired) electrons. The van der Waals surface area contributed by atoms with Crippen molar-refractivity contribution >= 4 is 10.0 Å². The number of rotatable bonds is 3. The smallest absolute Gasteiger partial charge is 0.243 e. The van der Waals surface area contributed by atoms with Crippen LogP contribution in [0.1, 0.15) is 6.42 Å². The lowest BCUT2D eigenvalue weighted by Crippen LogP contribution is -2.32. The van der Waals surface area contributed by atoms with Crippen LogP contribution in [0.5, 0.6) is 0 Å². The Morgan fingerprint density at radius 3 is 2.75 bits per heavy atom. The highest BCUT2D eigenvalue weighted by Gasteiger charge is 2.32. The molecule has 1 atom stereocenters. The van der Waals surface area contributed by atoms with Gasteiger partial charge in [-0.3, -0.25) is 0 Å². The zero-order chi connectivity index (χ0) is 14.2. The van der Waals surface area contributed by atoms with E-state index in [4.69, 9.17) is 10.3 Å². The molecule has 106 valence electrons. The van der Waals surface area contributed by atoms with E-state index in [0.717, 1.165) is 0 Å². The van der Waals surface area contributed by atoms with Crippen LogP contribution in [0.3, 0.4) is 0 Å². The minimum absolute atomic E-state index is 0.0952. The van der Waals surface area contributed by atoms with Crippen molar-refractivity contribution in [1.82, 2.24) is 9.46 Å². The average Bonchev–Trinajstić information content (AvgIpc) is 3.10. The molecule has 0 spiro atoms. The van der Waals surface area contributed by atoms with E-state index in [0.29, 0.717) is 30.8 Å². The van der Waals surface area contributed by atoms with E-state index in [9.17, 15) is 8.42 Å². The van der Waals surface area contributed by atoms with Crippen LogP contribution in [-0.2, 0) is 10.0 Å². The average molecular weight is 293 g/mol. The summed E-state index contributed by atoms with van der Waals surface area (Å²) in [5.74, 6) is 0.438. The van der Waals surface area contributed by atoms with E-state index in [1.165, 1.54) is 10.5 Å². The quantitative estimate of drug-likeness (QED) is 0.914. The topological polar surface area (TPSA) is 89.4 Å². The second-order valence-electron chi connectivity index (χ2n) is 4.78. The number of hydrogen-bond donors (Lipinski definition) is 1. The van der Waals surface area contributed by atoms with Crippen molar-refractivity contribution in [3.8, 4) is 11.3 Å². The first-order chi connectivity index (χ1) is 9.59. The molecule has 1 aliphatic rings. The summed E-state index contributed by atoms with van der Waals surface area (Å²) >= 11 is 0. The van der Waals surface area contributed by atoms with Gasteiger partial charge in [-0.25, -0.2) is 8.42 Å². The zero-order valence-electron chi connectivity index (χ0n) is 10.8. The van der Waals surface area contributed by atoms with Gasteiger partial charge in [-0.15, -0.1) is 0 Å². The normalized spacial score (nSPS) is 20.4. The van der Waals surface area contributed by atoms with Gasteiger partial charge >= 0.3 is 0 Å². The van der Waals surface area contributed by atoms with Crippen molar-refractivity contribution in [3.05, 3.63) is 36.5 Å². The lowest BCUT2D eigenvalue weighted by Gasteiger charge is -2.17. The standard InChI is InChI=1S/C13H15N3O3S/c14-10-6-8-16(9-10)20(17,18)13-4-2-1-3-11(13)12-5-7-15-19-12/h1-5,7,10H,6,8-9,14H2/t10-/m1/s1. The van der Waals surface area contributed by atoms with Crippen LogP contribution in [0.4, 0.5) is 0 Å². The van der Waals surface area contributed by atoms with Gasteiger partial charge in [-0.05, 0) is 18.6 Å². The summed E-state index contributed by atoms with van der Waals surface area (Å²) in [6.45, 7) is 0.807. The molecular weight excluding hydrogens is 278 g/mol. The van der Waals surface area contributed by atoms with Crippen molar-refractivity contribution in [2.45, 2.75) is 17.4 Å². The lowest BCUT2D eigenvalue weighted by molar-refractivity contribution is 0.430. The van der Waals surface area contributed by atoms with Crippen LogP contribution in [0.15, 0.2) is 45.9 Å². The molecule has 7 heteroatoms. The van der Waals surface area contributed by atoms with Crippen LogP contribution in [-0.4, -0.2) is 37.0 Å². The van der Waals surface area contributed by atoms with Crippen LogP contribution < -0.4 is 5.73 Å². The minimum Gasteiger partial charge on any atom is -0.356 e. The Morgan fingerprint density at radius 2 is 2.10 bits per heavy atom. The maximum absolute atomic E-state index is 12.7. The van der Waals surface area contributed by atoms with E-state index in [2.05, 4.69) is 5.16 Å². The molecule has 1 aromatic heterocycles. The molecule has 6 nitrogen and oxygen atoms in total. The monoisotopic (exact) mass is 293 g/mol. The molecular formula is C13H15N3O3S. The molecule has 3 rings (SSSR count). The van der Waals surface area contributed by atoms with Gasteiger partial charge < -0.3 is 10.3 Å². The Kier molecular flexibility index (Phi) is 3.33. The second kappa shape index (κ2) is 5.01. The summed E-state index contributed by atoms with van der Waals surface area (Å²) in [6, 6.07) is 8.31. The third-order valence-corrected chi connectivity index (χ3v) is 5.32. The highest BCUT2D eigenvalue weighted by Crippen LogP contribution is 2.30. The first-order valence-electron chi connectivity index (χ1n) is 6.35. The van der Waals surface area contributed by atoms with Gasteiger partial charge in [0.1, 0.15) is 0 Å². The summed E-state index contributed by atoms with van der Waals surface area (Å²) in [5.41, 5.74) is 6.32. The summed E-state index contributed by atoms with van der Waals surface area (Å²) in [6.07, 6.45) is 2.17. The van der Waals surface area contributed by atoms with Gasteiger partial charge in [0.2, 0.25) is 10.0 Å². The SMILES string of the molecule is N[C@@H]1CCN(S(=O)(=O)c2ccccc2-c2ccno2)C1. The van der Waals surface area contributed by atoms with Gasteiger partial charge in [0.05, 0.1) is 11.1 Å². The van der Waals surface area contributed by atoms with Crippen LogP contribution in [0, 0.1) is 0 Å². The number of benzene rings is 1. The van der Waals surface area contributed by atoms with Crippen molar-refractivity contribution in [3.63, 3.8) is 0 Å². The Hall–Kier alpha value is -1.70. The summed E-state index contributed by atoms with van der Waals surface area (Å²) in [4.78, 5) is 0.228. The van der Waals surface area contributed by atoms with Gasteiger partial charge in [0.25, 0.3) is 0 Å². The fourth-order valence-corrected chi connectivity index (χ4v) is 4.07. The molecule has 20 heavy (non-hydrogen) atoms. The second-order valence-corrected chi connectivity index (χ2v) is 6.69. The molecule has 1 fully saturated rings. The highest BCUT2D eigenvalue weighted by molar-refractivity contribution is 7.89. The number of hydrogen-bond acceptors (Lipinski definition) is 5. The third kappa shape index (κ3) is 2.24. The fourth-order valence-electron chi connectivity index (χ4n) is 2.36. The van der Waals surface area contributed by atoms with Crippen LogP contribution in [0.2, 0.25) is 0 Å². The first-order valence-corrected chi connectivity index (χ1v) is 7.79. The number of sulfonamides is 1. The molecule has 2 heterocycles. The van der Waals surface area contributed by atoms with E-state index in [1.807, 2.05) is 0 Å². The summed E-state index contributed by atoms with van der Waals surface area (Å²) in [7, 11) is -3.56. The van der Waals surface area contributed by atoms with Gasteiger partial charge in [-0.1, -0.05) is 17.3 Å². The number of nitrogens with zero attached hydrogens (tertiary/aromatic N) is 2. The number of aromatic nitrogens is 1. The van der Waals surface area contributed by atoms with Crippen molar-refractivity contribution < 1.29 is 12.9 Å². The first kappa shape index (κ1) is 13.3. The molecule has 1 aromatic carbocycles. The van der Waals surface area contributed by atoms with Crippen LogP contribution >= 0.6 is 0 Å². The number of nitrogens with two attached hydrogens (primary N) is 1. The highest BCUT2D eigenvalue weighted by atomic mass is 32.2. The van der Waals surface area contributed by atoms with E-state index >= 15 is 0 Å². The summed E-state index contributed by atoms with van der Waals surface area (Å²) < 4.78 is 31.9. The van der Waals surface area contributed by atoms with Crippen LogP contribution in [0.25, 0.3) is 11.3 Å². The van der Waals surface area contributed by atoms with Crippen molar-refractivity contribution in [1.29, 1.82) is 0 Å². The fraction of sp³-hybridized carbons (Fsp3) is 0.308. The Bertz CT molecular complexity index is 697. The summed E-state index contributed by atoms with van der Waals surface area (Å²) in [5, 5.41) is 3.63. The molecule has 0 bridgehead atoms. The lowest BCUT2D eigenvalue weighted by atomic mass is 10.2. The molecule has 1 aliphatic heterocycles. The Balaban J connectivity index is 2.06. The van der Waals surface area contributed by atoms with E-state index in [1.54, 1.807) is 30.3 Å². The van der Waals surface area contributed by atoms with E-state index in [-0.39, 0.29) is 10.9 Å². The predicted molar refractivity (Wildman–Crippen MR) is 73.3 cm³/mol. The molecule has 0 saturated carbocycles. The third-order valence-electron chi connectivity index (χ3n) is 3.40. The molecule has 2 aromatic rings. The molecule has 1 saturated heterocycles. The molecule has 2 N–H and O–H groups in total. The maximum atomic E-state index is 12.7.